The third kappa shape index (κ3) is 5.65. The second-order valence-electron chi connectivity index (χ2n) is 11.6. The van der Waals surface area contributed by atoms with E-state index in [0.717, 1.165) is 67.0 Å². The number of aromatic nitrogens is 5. The monoisotopic (exact) mass is 699 g/mol. The molecule has 0 N–H and O–H groups in total. The van der Waals surface area contributed by atoms with Crippen molar-refractivity contribution in [1.82, 2.24) is 23.3 Å². The topological polar surface area (TPSA) is 125 Å². The maximum absolute atomic E-state index is 13.0. The first-order chi connectivity index (χ1) is 21.0. The lowest BCUT2D eigenvalue weighted by atomic mass is 10.1. The molecular formula is C31H34BrN5O5S2. The fourth-order valence-corrected chi connectivity index (χ4v) is 10.4. The van der Waals surface area contributed by atoms with Crippen LogP contribution in [0.3, 0.4) is 0 Å². The Kier molecular flexibility index (Phi) is 8.31. The van der Waals surface area contributed by atoms with E-state index in [4.69, 9.17) is 0 Å². The Morgan fingerprint density at radius 2 is 1.23 bits per heavy atom. The highest BCUT2D eigenvalue weighted by Crippen LogP contribution is 2.32. The first-order valence-electron chi connectivity index (χ1n) is 14.7. The SMILES string of the molecule is Cc1cc(-c2ccc3ncc(S(=O)(=O)C4CCCC4)n3c2)cn(C)c1=O.O=S(=O)(c1cnc2ccc(Br)cn12)C1CCCC1. The minimum Gasteiger partial charge on any atom is -0.318 e. The number of fused-ring (bicyclic) bond motifs is 2. The number of halogens is 1. The summed E-state index contributed by atoms with van der Waals surface area (Å²) >= 11 is 3.36. The van der Waals surface area contributed by atoms with Crippen LogP contribution in [0.15, 0.2) is 80.6 Å². The first kappa shape index (κ1) is 30.7. The van der Waals surface area contributed by atoms with E-state index in [-0.39, 0.29) is 21.1 Å². The molecule has 0 aliphatic heterocycles. The summed E-state index contributed by atoms with van der Waals surface area (Å²) < 4.78 is 56.8. The van der Waals surface area contributed by atoms with Crippen LogP contribution in [-0.4, -0.2) is 50.7 Å². The number of nitrogens with zero attached hydrogens (tertiary/aromatic N) is 5. The van der Waals surface area contributed by atoms with E-state index in [1.165, 1.54) is 12.4 Å². The van der Waals surface area contributed by atoms with Crippen molar-refractivity contribution in [1.29, 1.82) is 0 Å². The lowest BCUT2D eigenvalue weighted by Crippen LogP contribution is -2.19. The third-order valence-corrected chi connectivity index (χ3v) is 13.6. The Hall–Kier alpha value is -3.29. The van der Waals surface area contributed by atoms with E-state index >= 15 is 0 Å². The Morgan fingerprint density at radius 1 is 0.727 bits per heavy atom. The zero-order chi connectivity index (χ0) is 31.2. The standard InChI is InChI=1S/C19H21N3O3S.C12H13BrN2O2S/c1-13-9-15(11-21(2)19(13)23)14-7-8-17-20-10-18(22(17)12-14)26(24,25)16-5-3-4-6-16;13-9-5-6-11-14-7-12(15(11)8-9)18(16,17)10-3-1-2-4-10/h7-12,16H,3-6H2,1-2H3;5-8,10H,1-4H2. The van der Waals surface area contributed by atoms with Gasteiger partial charge in [-0.1, -0.05) is 25.7 Å². The Labute approximate surface area is 264 Å². The molecule has 7 rings (SSSR count). The number of aryl methyl sites for hydroxylation is 2. The molecule has 2 aliphatic carbocycles. The zero-order valence-corrected chi connectivity index (χ0v) is 27.8. The van der Waals surface area contributed by atoms with Crippen molar-refractivity contribution in [2.75, 3.05) is 0 Å². The summed E-state index contributed by atoms with van der Waals surface area (Å²) in [6.07, 6.45) is 15.1. The summed E-state index contributed by atoms with van der Waals surface area (Å²) in [6.45, 7) is 1.78. The van der Waals surface area contributed by atoms with Gasteiger partial charge in [0, 0.05) is 35.7 Å². The fourth-order valence-electron chi connectivity index (χ4n) is 6.26. The molecule has 0 spiro atoms. The van der Waals surface area contributed by atoms with Crippen molar-refractivity contribution in [3.63, 3.8) is 0 Å². The van der Waals surface area contributed by atoms with Crippen LogP contribution < -0.4 is 5.56 Å². The Bertz CT molecular complexity index is 2110. The summed E-state index contributed by atoms with van der Waals surface area (Å²) in [5, 5.41) is 0.00993. The molecular weight excluding hydrogens is 666 g/mol. The molecule has 5 heterocycles. The highest BCUT2D eigenvalue weighted by Gasteiger charge is 2.33. The van der Waals surface area contributed by atoms with Crippen molar-refractivity contribution >= 4 is 46.9 Å². The van der Waals surface area contributed by atoms with Gasteiger partial charge >= 0.3 is 0 Å². The number of rotatable bonds is 5. The smallest absolute Gasteiger partial charge is 0.253 e. The molecule has 0 unspecified atom stereocenters. The number of hydrogen-bond donors (Lipinski definition) is 0. The predicted octanol–water partition coefficient (Wildman–Crippen LogP) is 5.54. The summed E-state index contributed by atoms with van der Waals surface area (Å²) in [5.74, 6) is 0. The third-order valence-electron chi connectivity index (χ3n) is 8.67. The molecule has 2 aliphatic rings. The molecule has 0 bridgehead atoms. The fraction of sp³-hybridized carbons (Fsp3) is 0.387. The van der Waals surface area contributed by atoms with Gasteiger partial charge in [0.25, 0.3) is 5.56 Å². The van der Waals surface area contributed by atoms with Gasteiger partial charge in [0.2, 0.25) is 0 Å². The van der Waals surface area contributed by atoms with Crippen LogP contribution >= 0.6 is 15.9 Å². The molecule has 2 saturated carbocycles. The normalized spacial score (nSPS) is 16.5. The van der Waals surface area contributed by atoms with Gasteiger partial charge in [-0.15, -0.1) is 0 Å². The summed E-state index contributed by atoms with van der Waals surface area (Å²) in [5.41, 5.74) is 3.58. The largest absolute Gasteiger partial charge is 0.318 e. The highest BCUT2D eigenvalue weighted by molar-refractivity contribution is 9.10. The highest BCUT2D eigenvalue weighted by atomic mass is 79.9. The number of imidazole rings is 2. The van der Waals surface area contributed by atoms with Gasteiger partial charge in [0.1, 0.15) is 11.3 Å². The maximum atomic E-state index is 13.0. The van der Waals surface area contributed by atoms with Crippen molar-refractivity contribution < 1.29 is 16.8 Å². The number of hydrogen-bond acceptors (Lipinski definition) is 7. The van der Waals surface area contributed by atoms with Crippen LogP contribution in [0.1, 0.15) is 56.9 Å². The average molecular weight is 701 g/mol. The van der Waals surface area contributed by atoms with Crippen LogP contribution in [-0.2, 0) is 26.7 Å². The number of pyridine rings is 3. The molecule has 44 heavy (non-hydrogen) atoms. The predicted molar refractivity (Wildman–Crippen MR) is 172 cm³/mol. The second kappa shape index (κ2) is 11.9. The van der Waals surface area contributed by atoms with Gasteiger partial charge in [-0.25, -0.2) is 26.8 Å². The molecule has 0 amide bonds. The van der Waals surface area contributed by atoms with Gasteiger partial charge < -0.3 is 4.57 Å². The molecule has 10 nitrogen and oxygen atoms in total. The van der Waals surface area contributed by atoms with Crippen molar-refractivity contribution in [2.45, 2.75) is 78.8 Å². The van der Waals surface area contributed by atoms with Crippen LogP contribution in [0.4, 0.5) is 0 Å². The summed E-state index contributed by atoms with van der Waals surface area (Å²) in [7, 11) is -4.94. The Balaban J connectivity index is 0.000000167. The molecule has 2 fully saturated rings. The maximum Gasteiger partial charge on any atom is 0.253 e. The quantitative estimate of drug-likeness (QED) is 0.236. The van der Waals surface area contributed by atoms with Crippen molar-refractivity contribution in [3.05, 3.63) is 81.7 Å². The molecule has 0 atom stereocenters. The molecule has 0 saturated heterocycles. The van der Waals surface area contributed by atoms with Gasteiger partial charge in [0.15, 0.2) is 29.7 Å². The van der Waals surface area contributed by atoms with Crippen LogP contribution in [0.25, 0.3) is 22.4 Å². The van der Waals surface area contributed by atoms with Crippen LogP contribution in [0.5, 0.6) is 0 Å². The van der Waals surface area contributed by atoms with E-state index in [9.17, 15) is 21.6 Å². The van der Waals surface area contributed by atoms with Crippen molar-refractivity contribution in [2.24, 2.45) is 7.05 Å². The molecule has 5 aromatic rings. The first-order valence-corrected chi connectivity index (χ1v) is 18.6. The zero-order valence-electron chi connectivity index (χ0n) is 24.6. The van der Waals surface area contributed by atoms with Gasteiger partial charge in [-0.3, -0.25) is 13.6 Å². The minimum absolute atomic E-state index is 0.0399. The molecule has 5 aromatic heterocycles. The minimum atomic E-state index is -3.40. The van der Waals surface area contributed by atoms with Crippen molar-refractivity contribution in [3.8, 4) is 11.1 Å². The Morgan fingerprint density at radius 3 is 1.75 bits per heavy atom. The molecule has 0 aromatic carbocycles. The average Bonchev–Trinajstić information content (AvgIpc) is 3.82. The second-order valence-corrected chi connectivity index (χ2v) is 16.9. The van der Waals surface area contributed by atoms with E-state index in [1.807, 2.05) is 24.3 Å². The summed E-state index contributed by atoms with van der Waals surface area (Å²) in [6, 6.07) is 9.19. The lowest BCUT2D eigenvalue weighted by Gasteiger charge is -2.12. The molecule has 0 radical (unpaired) electrons. The van der Waals surface area contributed by atoms with E-state index in [1.54, 1.807) is 52.0 Å². The van der Waals surface area contributed by atoms with Crippen LogP contribution in [0.2, 0.25) is 0 Å². The lowest BCUT2D eigenvalue weighted by molar-refractivity contribution is 0.573. The number of sulfone groups is 2. The van der Waals surface area contributed by atoms with E-state index < -0.39 is 19.7 Å². The van der Waals surface area contributed by atoms with E-state index in [2.05, 4.69) is 25.9 Å². The van der Waals surface area contributed by atoms with E-state index in [0.29, 0.717) is 21.9 Å². The molecule has 13 heteroatoms. The molecule has 232 valence electrons. The summed E-state index contributed by atoms with van der Waals surface area (Å²) in [4.78, 5) is 20.4. The van der Waals surface area contributed by atoms with Gasteiger partial charge in [-0.2, -0.15) is 0 Å². The van der Waals surface area contributed by atoms with Gasteiger partial charge in [-0.05, 0) is 90.0 Å². The van der Waals surface area contributed by atoms with Gasteiger partial charge in [0.05, 0.1) is 22.9 Å². The van der Waals surface area contributed by atoms with Crippen LogP contribution in [0, 0.1) is 6.92 Å².